The molecule has 2 aliphatic rings. The van der Waals surface area contributed by atoms with E-state index in [0.717, 1.165) is 49.6 Å². The minimum atomic E-state index is -0.559. The van der Waals surface area contributed by atoms with Crippen LogP contribution in [0, 0.1) is 19.3 Å². The van der Waals surface area contributed by atoms with Crippen LogP contribution in [0.15, 0.2) is 52.1 Å². The molecule has 0 aliphatic carbocycles. The van der Waals surface area contributed by atoms with E-state index in [2.05, 4.69) is 42.0 Å². The van der Waals surface area contributed by atoms with Gasteiger partial charge in [0.15, 0.2) is 0 Å². The molecule has 1 fully saturated rings. The van der Waals surface area contributed by atoms with Gasteiger partial charge >= 0.3 is 11.1 Å². The number of fused-ring (bicyclic) bond motifs is 1. The molecule has 7 nitrogen and oxygen atoms in total. The number of rotatable bonds is 5. The molecule has 0 saturated carbocycles. The molecule has 33 heavy (non-hydrogen) atoms. The number of aryl methyl sites for hydroxylation is 2. The third-order valence-electron chi connectivity index (χ3n) is 6.93. The van der Waals surface area contributed by atoms with Crippen molar-refractivity contribution in [3.05, 3.63) is 91.3 Å². The second-order valence-electron chi connectivity index (χ2n) is 9.75. The van der Waals surface area contributed by atoms with Gasteiger partial charge < -0.3 is 4.74 Å². The Morgan fingerprint density at radius 3 is 2.36 bits per heavy atom. The van der Waals surface area contributed by atoms with Crippen molar-refractivity contribution in [3.8, 4) is 5.75 Å². The van der Waals surface area contributed by atoms with E-state index in [1.807, 2.05) is 24.3 Å². The van der Waals surface area contributed by atoms with Crippen molar-refractivity contribution >= 4 is 0 Å². The maximum Gasteiger partial charge on any atom is 0.332 e. The number of ether oxygens (including phenoxy) is 1. The van der Waals surface area contributed by atoms with E-state index in [0.29, 0.717) is 6.54 Å². The van der Waals surface area contributed by atoms with E-state index < -0.39 is 11.1 Å². The fraction of sp³-hybridized carbons (Fsp3) is 0.423. The predicted molar refractivity (Wildman–Crippen MR) is 127 cm³/mol. The van der Waals surface area contributed by atoms with E-state index in [1.54, 1.807) is 11.7 Å². The number of hydrogen-bond acceptors (Lipinski definition) is 5. The van der Waals surface area contributed by atoms with E-state index in [-0.39, 0.29) is 12.0 Å². The Hall–Kier alpha value is -3.19. The Kier molecular flexibility index (Phi) is 5.44. The van der Waals surface area contributed by atoms with E-state index in [1.165, 1.54) is 21.4 Å². The van der Waals surface area contributed by atoms with E-state index >= 15 is 0 Å². The van der Waals surface area contributed by atoms with Crippen LogP contribution in [0.4, 0.5) is 0 Å². The van der Waals surface area contributed by atoms with Crippen LogP contribution in [0.3, 0.4) is 0 Å². The molecular formula is C26H30N4O3. The largest absolute Gasteiger partial charge is 0.497 e. The van der Waals surface area contributed by atoms with Crippen LogP contribution in [0.1, 0.15) is 34.5 Å². The Labute approximate surface area is 193 Å². The van der Waals surface area contributed by atoms with Crippen LogP contribution in [-0.4, -0.2) is 39.4 Å². The van der Waals surface area contributed by atoms with Gasteiger partial charge in [-0.3, -0.25) is 19.1 Å². The highest BCUT2D eigenvalue weighted by atomic mass is 16.5. The van der Waals surface area contributed by atoms with Crippen molar-refractivity contribution in [2.45, 2.75) is 46.3 Å². The summed E-state index contributed by atoms with van der Waals surface area (Å²) in [5.74, 6) is 1.47. The van der Waals surface area contributed by atoms with Crippen molar-refractivity contribution in [2.24, 2.45) is 5.41 Å². The summed E-state index contributed by atoms with van der Waals surface area (Å²) >= 11 is 0. The van der Waals surface area contributed by atoms with Gasteiger partial charge in [-0.05, 0) is 50.1 Å². The monoisotopic (exact) mass is 446 g/mol. The number of nitrogens with zero attached hydrogens (tertiary/aromatic N) is 4. The molecule has 5 rings (SSSR count). The molecule has 1 saturated heterocycles. The van der Waals surface area contributed by atoms with Gasteiger partial charge in [0.2, 0.25) is 0 Å². The minimum Gasteiger partial charge on any atom is -0.497 e. The summed E-state index contributed by atoms with van der Waals surface area (Å²) < 4.78 is 8.13. The summed E-state index contributed by atoms with van der Waals surface area (Å²) in [6.07, 6.45) is 1.74. The molecule has 1 atom stereocenters. The van der Waals surface area contributed by atoms with Gasteiger partial charge in [0.05, 0.1) is 13.7 Å². The zero-order chi connectivity index (χ0) is 23.2. The summed E-state index contributed by atoms with van der Waals surface area (Å²) in [7, 11) is 1.62. The first kappa shape index (κ1) is 21.6. The standard InChI is InChI=1S/C26H30N4O3/c1-18-10-19(2)12-21(11-18)14-28-9-8-26(16-28)13-23-27-30(25(32)24(31)29(23)17-26)15-20-4-6-22(33-3)7-5-20/h4-7,10-12H,8-9,13-17H2,1-3H3. The quantitative estimate of drug-likeness (QED) is 0.564. The molecule has 1 spiro atoms. The lowest BCUT2D eigenvalue weighted by Gasteiger charge is -2.23. The van der Waals surface area contributed by atoms with Crippen LogP contribution in [0.2, 0.25) is 0 Å². The predicted octanol–water partition coefficient (Wildman–Crippen LogP) is 2.53. The second kappa shape index (κ2) is 8.30. The second-order valence-corrected chi connectivity index (χ2v) is 9.75. The van der Waals surface area contributed by atoms with Gasteiger partial charge in [-0.25, -0.2) is 4.68 Å². The van der Waals surface area contributed by atoms with Gasteiger partial charge in [0, 0.05) is 31.5 Å². The van der Waals surface area contributed by atoms with Crippen LogP contribution in [-0.2, 0) is 26.1 Å². The van der Waals surface area contributed by atoms with Gasteiger partial charge in [-0.1, -0.05) is 41.5 Å². The number of aromatic nitrogens is 3. The Bertz CT molecular complexity index is 1290. The maximum absolute atomic E-state index is 12.9. The summed E-state index contributed by atoms with van der Waals surface area (Å²) in [5.41, 5.74) is 3.76. The normalized spacial score (nSPS) is 19.8. The van der Waals surface area contributed by atoms with Gasteiger partial charge in [0.25, 0.3) is 0 Å². The van der Waals surface area contributed by atoms with Gasteiger partial charge in [-0.2, -0.15) is 5.10 Å². The van der Waals surface area contributed by atoms with Crippen LogP contribution >= 0.6 is 0 Å². The summed E-state index contributed by atoms with van der Waals surface area (Å²) in [6, 6.07) is 14.2. The maximum atomic E-state index is 12.9. The third-order valence-corrected chi connectivity index (χ3v) is 6.93. The van der Waals surface area contributed by atoms with Gasteiger partial charge in [-0.15, -0.1) is 0 Å². The SMILES string of the molecule is COc1ccc(Cn2nc3n(c(=O)c2=O)CC2(CCN(Cc4cc(C)cc(C)c4)C2)C3)cc1. The molecule has 0 N–H and O–H groups in total. The first-order valence-corrected chi connectivity index (χ1v) is 11.5. The van der Waals surface area contributed by atoms with Crippen LogP contribution in [0.25, 0.3) is 0 Å². The minimum absolute atomic E-state index is 0.0240. The average molecular weight is 447 g/mol. The van der Waals surface area contributed by atoms with Crippen LogP contribution < -0.4 is 15.9 Å². The molecular weight excluding hydrogens is 416 g/mol. The molecule has 1 aromatic heterocycles. The zero-order valence-corrected chi connectivity index (χ0v) is 19.5. The van der Waals surface area contributed by atoms with Crippen molar-refractivity contribution in [1.82, 2.24) is 19.2 Å². The summed E-state index contributed by atoms with van der Waals surface area (Å²) in [6.45, 7) is 7.94. The zero-order valence-electron chi connectivity index (χ0n) is 19.5. The Balaban J connectivity index is 1.34. The molecule has 1 unspecified atom stereocenters. The van der Waals surface area contributed by atoms with Crippen molar-refractivity contribution < 1.29 is 4.74 Å². The number of methoxy groups -OCH3 is 1. The highest BCUT2D eigenvalue weighted by Gasteiger charge is 2.44. The lowest BCUT2D eigenvalue weighted by molar-refractivity contribution is 0.246. The smallest absolute Gasteiger partial charge is 0.332 e. The first-order chi connectivity index (χ1) is 15.8. The topological polar surface area (TPSA) is 69.4 Å². The molecule has 2 aliphatic heterocycles. The number of benzene rings is 2. The lowest BCUT2D eigenvalue weighted by atomic mass is 9.86. The van der Waals surface area contributed by atoms with Gasteiger partial charge in [0.1, 0.15) is 11.6 Å². The highest BCUT2D eigenvalue weighted by Crippen LogP contribution is 2.39. The molecule has 3 heterocycles. The molecule has 0 radical (unpaired) electrons. The fourth-order valence-electron chi connectivity index (χ4n) is 5.47. The Morgan fingerprint density at radius 2 is 1.67 bits per heavy atom. The number of hydrogen-bond donors (Lipinski definition) is 0. The van der Waals surface area contributed by atoms with Crippen molar-refractivity contribution in [1.29, 1.82) is 0 Å². The van der Waals surface area contributed by atoms with Crippen LogP contribution in [0.5, 0.6) is 5.75 Å². The third kappa shape index (κ3) is 4.25. The molecule has 0 bridgehead atoms. The lowest BCUT2D eigenvalue weighted by Crippen LogP contribution is -2.43. The molecule has 172 valence electrons. The highest BCUT2D eigenvalue weighted by molar-refractivity contribution is 5.29. The molecule has 7 heteroatoms. The molecule has 3 aromatic rings. The van der Waals surface area contributed by atoms with E-state index in [4.69, 9.17) is 4.74 Å². The number of likely N-dealkylation sites (tertiary alicyclic amines) is 1. The molecule has 2 aromatic carbocycles. The molecule has 0 amide bonds. The summed E-state index contributed by atoms with van der Waals surface area (Å²) in [5, 5.41) is 4.62. The Morgan fingerprint density at radius 1 is 0.939 bits per heavy atom. The van der Waals surface area contributed by atoms with Crippen molar-refractivity contribution in [3.63, 3.8) is 0 Å². The summed E-state index contributed by atoms with van der Waals surface area (Å²) in [4.78, 5) is 28.1. The van der Waals surface area contributed by atoms with Crippen molar-refractivity contribution in [2.75, 3.05) is 20.2 Å². The fourth-order valence-corrected chi connectivity index (χ4v) is 5.47. The van der Waals surface area contributed by atoms with E-state index in [9.17, 15) is 9.59 Å². The first-order valence-electron chi connectivity index (χ1n) is 11.5. The average Bonchev–Trinajstić information content (AvgIpc) is 3.34.